The third-order valence-electron chi connectivity index (χ3n) is 2.48. The van der Waals surface area contributed by atoms with Crippen LogP contribution in [0, 0.1) is 0 Å². The number of rotatable bonds is 5. The highest BCUT2D eigenvalue weighted by Crippen LogP contribution is 2.15. The van der Waals surface area contributed by atoms with E-state index in [-0.39, 0.29) is 10.9 Å². The van der Waals surface area contributed by atoms with Crippen molar-refractivity contribution in [3.63, 3.8) is 0 Å². The fourth-order valence-electron chi connectivity index (χ4n) is 1.59. The molecule has 1 heterocycles. The van der Waals surface area contributed by atoms with Gasteiger partial charge in [0.05, 0.1) is 12.5 Å². The molecule has 20 heavy (non-hydrogen) atoms. The van der Waals surface area contributed by atoms with Crippen molar-refractivity contribution in [1.82, 2.24) is 15.3 Å². The van der Waals surface area contributed by atoms with Crippen LogP contribution in [-0.4, -0.2) is 30.8 Å². The number of anilines is 1. The summed E-state index contributed by atoms with van der Waals surface area (Å²) in [4.78, 5) is 17.9. The molecule has 106 valence electrons. The van der Waals surface area contributed by atoms with E-state index in [1.807, 2.05) is 6.92 Å². The standard InChI is InChI=1S/C12H14N4O3S/c1-2-14-12(17)9-4-3-5-10(6-9)16-20(18,19)11-7-13-8-15-11/h3-8,16H,2H2,1H3,(H,13,15)(H,14,17). The zero-order valence-corrected chi connectivity index (χ0v) is 11.6. The van der Waals surface area contributed by atoms with Gasteiger partial charge in [0, 0.05) is 17.8 Å². The lowest BCUT2D eigenvalue weighted by Crippen LogP contribution is -2.22. The van der Waals surface area contributed by atoms with Crippen molar-refractivity contribution in [2.24, 2.45) is 0 Å². The van der Waals surface area contributed by atoms with Crippen LogP contribution in [0.5, 0.6) is 0 Å². The molecule has 0 saturated carbocycles. The zero-order chi connectivity index (χ0) is 14.6. The zero-order valence-electron chi connectivity index (χ0n) is 10.8. The minimum Gasteiger partial charge on any atom is -0.352 e. The fraction of sp³-hybridized carbons (Fsp3) is 0.167. The SMILES string of the molecule is CCNC(=O)c1cccc(NS(=O)(=O)c2cnc[nH]2)c1. The predicted octanol–water partition coefficient (Wildman–Crippen LogP) is 0.960. The maximum absolute atomic E-state index is 12.0. The van der Waals surface area contributed by atoms with Crippen molar-refractivity contribution in [2.75, 3.05) is 11.3 Å². The van der Waals surface area contributed by atoms with Crippen molar-refractivity contribution in [2.45, 2.75) is 11.9 Å². The van der Waals surface area contributed by atoms with Gasteiger partial charge in [0.2, 0.25) is 0 Å². The average Bonchev–Trinajstić information content (AvgIpc) is 2.93. The van der Waals surface area contributed by atoms with Gasteiger partial charge in [-0.25, -0.2) is 4.98 Å². The van der Waals surface area contributed by atoms with Crippen LogP contribution in [0.2, 0.25) is 0 Å². The van der Waals surface area contributed by atoms with Crippen LogP contribution < -0.4 is 10.0 Å². The van der Waals surface area contributed by atoms with E-state index in [1.54, 1.807) is 18.2 Å². The van der Waals surface area contributed by atoms with Gasteiger partial charge in [-0.15, -0.1) is 0 Å². The van der Waals surface area contributed by atoms with Crippen molar-refractivity contribution < 1.29 is 13.2 Å². The third-order valence-corrected chi connectivity index (χ3v) is 3.78. The minimum atomic E-state index is -3.72. The average molecular weight is 294 g/mol. The van der Waals surface area contributed by atoms with E-state index in [9.17, 15) is 13.2 Å². The number of H-pyrrole nitrogens is 1. The van der Waals surface area contributed by atoms with Gasteiger partial charge in [-0.1, -0.05) is 6.07 Å². The highest BCUT2D eigenvalue weighted by molar-refractivity contribution is 7.92. The van der Waals surface area contributed by atoms with E-state index in [4.69, 9.17) is 0 Å². The lowest BCUT2D eigenvalue weighted by molar-refractivity contribution is 0.0956. The number of carbonyl (C=O) groups excluding carboxylic acids is 1. The number of nitrogens with zero attached hydrogens (tertiary/aromatic N) is 1. The highest BCUT2D eigenvalue weighted by atomic mass is 32.2. The van der Waals surface area contributed by atoms with Crippen LogP contribution in [-0.2, 0) is 10.0 Å². The summed E-state index contributed by atoms with van der Waals surface area (Å²) in [7, 11) is -3.72. The van der Waals surface area contributed by atoms with Crippen molar-refractivity contribution in [3.05, 3.63) is 42.4 Å². The monoisotopic (exact) mass is 294 g/mol. The summed E-state index contributed by atoms with van der Waals surface area (Å²) in [6.07, 6.45) is 2.48. The molecule has 8 heteroatoms. The number of hydrogen-bond donors (Lipinski definition) is 3. The smallest absolute Gasteiger partial charge is 0.278 e. The Kier molecular flexibility index (Phi) is 4.04. The number of imidazole rings is 1. The van der Waals surface area contributed by atoms with Gasteiger partial charge >= 0.3 is 0 Å². The Labute approximate surface area is 116 Å². The van der Waals surface area contributed by atoms with E-state index >= 15 is 0 Å². The fourth-order valence-corrected chi connectivity index (χ4v) is 2.54. The highest BCUT2D eigenvalue weighted by Gasteiger charge is 2.16. The van der Waals surface area contributed by atoms with Gasteiger partial charge in [0.15, 0.2) is 5.03 Å². The molecule has 0 aliphatic carbocycles. The summed E-state index contributed by atoms with van der Waals surface area (Å²) in [5, 5.41) is 2.61. The number of sulfonamides is 1. The van der Waals surface area contributed by atoms with Gasteiger partial charge in [0.1, 0.15) is 0 Å². The third kappa shape index (κ3) is 3.15. The minimum absolute atomic E-state index is 0.0408. The molecule has 0 spiro atoms. The van der Waals surface area contributed by atoms with Gasteiger partial charge in [0.25, 0.3) is 15.9 Å². The maximum atomic E-state index is 12.0. The van der Waals surface area contributed by atoms with Crippen LogP contribution in [0.1, 0.15) is 17.3 Å². The van der Waals surface area contributed by atoms with Crippen LogP contribution >= 0.6 is 0 Å². The summed E-state index contributed by atoms with van der Waals surface area (Å²) in [6, 6.07) is 6.25. The Bertz CT molecular complexity index is 695. The molecule has 0 atom stereocenters. The Balaban J connectivity index is 2.22. The molecule has 3 N–H and O–H groups in total. The summed E-state index contributed by atoms with van der Waals surface area (Å²) in [5.41, 5.74) is 0.694. The van der Waals surface area contributed by atoms with Gasteiger partial charge in [-0.05, 0) is 25.1 Å². The molecular weight excluding hydrogens is 280 g/mol. The molecular formula is C12H14N4O3S. The molecule has 0 fully saturated rings. The van der Waals surface area contributed by atoms with E-state index < -0.39 is 10.0 Å². The largest absolute Gasteiger partial charge is 0.352 e. The molecule has 7 nitrogen and oxygen atoms in total. The predicted molar refractivity (Wildman–Crippen MR) is 73.8 cm³/mol. The lowest BCUT2D eigenvalue weighted by atomic mass is 10.2. The number of aromatic amines is 1. The first-order valence-corrected chi connectivity index (χ1v) is 7.40. The molecule has 1 aromatic heterocycles. The van der Waals surface area contributed by atoms with Crippen LogP contribution in [0.3, 0.4) is 0 Å². The molecule has 0 saturated heterocycles. The number of aromatic nitrogens is 2. The second kappa shape index (κ2) is 5.74. The van der Waals surface area contributed by atoms with Crippen molar-refractivity contribution in [3.8, 4) is 0 Å². The Hall–Kier alpha value is -2.35. The van der Waals surface area contributed by atoms with E-state index in [2.05, 4.69) is 20.0 Å². The first kappa shape index (κ1) is 14.1. The van der Waals surface area contributed by atoms with Gasteiger partial charge < -0.3 is 10.3 Å². The van der Waals surface area contributed by atoms with Crippen LogP contribution in [0.25, 0.3) is 0 Å². The first-order chi connectivity index (χ1) is 9.53. The molecule has 0 unspecified atom stereocenters. The molecule has 0 aliphatic rings. The molecule has 0 bridgehead atoms. The molecule has 1 amide bonds. The molecule has 2 rings (SSSR count). The topological polar surface area (TPSA) is 104 Å². The van der Waals surface area contributed by atoms with Crippen molar-refractivity contribution >= 4 is 21.6 Å². The molecule has 0 aliphatic heterocycles. The lowest BCUT2D eigenvalue weighted by Gasteiger charge is -2.08. The normalized spacial score (nSPS) is 11.1. The quantitative estimate of drug-likeness (QED) is 0.764. The number of carbonyl (C=O) groups is 1. The Morgan fingerprint density at radius 1 is 1.40 bits per heavy atom. The Morgan fingerprint density at radius 3 is 2.85 bits per heavy atom. The summed E-state index contributed by atoms with van der Waals surface area (Å²) >= 11 is 0. The van der Waals surface area contributed by atoms with Gasteiger partial charge in [-0.3, -0.25) is 9.52 Å². The summed E-state index contributed by atoms with van der Waals surface area (Å²) in [5.74, 6) is -0.255. The second-order valence-electron chi connectivity index (χ2n) is 3.96. The number of amides is 1. The molecule has 2 aromatic rings. The van der Waals surface area contributed by atoms with Crippen LogP contribution in [0.4, 0.5) is 5.69 Å². The van der Waals surface area contributed by atoms with E-state index in [0.29, 0.717) is 17.8 Å². The van der Waals surface area contributed by atoms with E-state index in [1.165, 1.54) is 18.6 Å². The molecule has 1 aromatic carbocycles. The maximum Gasteiger partial charge on any atom is 0.278 e. The Morgan fingerprint density at radius 2 is 2.20 bits per heavy atom. The number of benzene rings is 1. The molecule has 0 radical (unpaired) electrons. The van der Waals surface area contributed by atoms with Gasteiger partial charge in [-0.2, -0.15) is 8.42 Å². The van der Waals surface area contributed by atoms with Crippen molar-refractivity contribution in [1.29, 1.82) is 0 Å². The second-order valence-corrected chi connectivity index (χ2v) is 5.61. The number of nitrogens with one attached hydrogen (secondary N) is 3. The summed E-state index contributed by atoms with van der Waals surface area (Å²) in [6.45, 7) is 2.31. The van der Waals surface area contributed by atoms with Crippen LogP contribution in [0.15, 0.2) is 41.8 Å². The van der Waals surface area contributed by atoms with E-state index in [0.717, 1.165) is 0 Å². The number of hydrogen-bond acceptors (Lipinski definition) is 4. The summed E-state index contributed by atoms with van der Waals surface area (Å²) < 4.78 is 26.4. The first-order valence-electron chi connectivity index (χ1n) is 5.92.